The van der Waals surface area contributed by atoms with Gasteiger partial charge in [0.1, 0.15) is 11.6 Å². The van der Waals surface area contributed by atoms with E-state index in [4.69, 9.17) is 32.7 Å². The van der Waals surface area contributed by atoms with Crippen LogP contribution in [0.2, 0.25) is 10.0 Å². The molecule has 1 unspecified atom stereocenters. The minimum Gasteiger partial charge on any atom is -0.480 e. The predicted molar refractivity (Wildman–Crippen MR) is 160 cm³/mol. The number of carbonyl (C=O) groups excluding carboxylic acids is 2. The lowest BCUT2D eigenvalue weighted by atomic mass is 9.87. The van der Waals surface area contributed by atoms with E-state index in [1.54, 1.807) is 29.7 Å². The number of anilines is 2. The molecule has 3 aromatic rings. The second kappa shape index (κ2) is 12.3. The molecule has 1 aliphatic heterocycles. The second-order valence-corrected chi connectivity index (χ2v) is 10.4. The fraction of sp³-hybridized carbons (Fsp3) is 0.241. The van der Waals surface area contributed by atoms with Gasteiger partial charge in [-0.1, -0.05) is 43.1 Å². The zero-order valence-corrected chi connectivity index (χ0v) is 24.8. The van der Waals surface area contributed by atoms with Gasteiger partial charge in [0.15, 0.2) is 0 Å². The summed E-state index contributed by atoms with van der Waals surface area (Å²) in [5.74, 6) is -4.23. The lowest BCUT2D eigenvalue weighted by Gasteiger charge is -2.19. The summed E-state index contributed by atoms with van der Waals surface area (Å²) in [6, 6.07) is 6.45. The Morgan fingerprint density at radius 2 is 1.86 bits per heavy atom. The number of allylic oxidation sites excluding steroid dienone is 1. The SMILES string of the molecule is C=NC(=N/C(OC)=C(\C)n1cc(C(=O)Nc2cc(Cl)c(F)cc2F)c(C2C(=O)Nc3cc(Cl)ccc32)c1C(C)C)OC. The highest BCUT2D eigenvalue weighted by Crippen LogP contribution is 2.44. The van der Waals surface area contributed by atoms with Crippen LogP contribution in [-0.4, -0.2) is 43.3 Å². The number of ether oxygens (including phenoxy) is 2. The largest absolute Gasteiger partial charge is 0.480 e. The number of aliphatic imine (C=N–C) groups is 2. The van der Waals surface area contributed by atoms with Crippen molar-refractivity contribution in [2.24, 2.45) is 9.98 Å². The van der Waals surface area contributed by atoms with Crippen LogP contribution < -0.4 is 10.6 Å². The van der Waals surface area contributed by atoms with Gasteiger partial charge in [-0.05, 0) is 43.3 Å². The molecular weight excluding hydrogens is 591 g/mol. The number of nitrogens with one attached hydrogen (secondary N) is 2. The summed E-state index contributed by atoms with van der Waals surface area (Å²) in [5, 5.41) is 5.34. The van der Waals surface area contributed by atoms with Gasteiger partial charge >= 0.3 is 6.02 Å². The molecule has 0 spiro atoms. The number of halogens is 4. The maximum Gasteiger partial charge on any atom is 0.318 e. The predicted octanol–water partition coefficient (Wildman–Crippen LogP) is 7.03. The number of amides is 2. The van der Waals surface area contributed by atoms with Crippen LogP contribution in [0, 0.1) is 11.6 Å². The van der Waals surface area contributed by atoms with Crippen molar-refractivity contribution in [3.05, 3.63) is 86.5 Å². The molecule has 2 heterocycles. The van der Waals surface area contributed by atoms with Gasteiger partial charge in [0.25, 0.3) is 5.91 Å². The third kappa shape index (κ3) is 5.75. The average Bonchev–Trinajstić information content (AvgIpc) is 3.48. The van der Waals surface area contributed by atoms with Crippen LogP contribution in [0.1, 0.15) is 59.8 Å². The van der Waals surface area contributed by atoms with Gasteiger partial charge in [0.2, 0.25) is 11.8 Å². The summed E-state index contributed by atoms with van der Waals surface area (Å²) in [7, 11) is 2.77. The maximum atomic E-state index is 14.6. The van der Waals surface area contributed by atoms with E-state index in [0.29, 0.717) is 39.3 Å². The highest BCUT2D eigenvalue weighted by molar-refractivity contribution is 6.31. The van der Waals surface area contributed by atoms with E-state index >= 15 is 0 Å². The zero-order valence-electron chi connectivity index (χ0n) is 23.3. The van der Waals surface area contributed by atoms with Crippen molar-refractivity contribution in [2.75, 3.05) is 24.9 Å². The Balaban J connectivity index is 2.01. The van der Waals surface area contributed by atoms with Gasteiger partial charge in [-0.3, -0.25) is 9.59 Å². The Bertz CT molecular complexity index is 1670. The molecule has 0 bridgehead atoms. The molecule has 0 radical (unpaired) electrons. The van der Waals surface area contributed by atoms with Crippen LogP contribution in [0.25, 0.3) is 5.70 Å². The fourth-order valence-corrected chi connectivity index (χ4v) is 5.16. The number of aromatic nitrogens is 1. The molecule has 1 atom stereocenters. The maximum absolute atomic E-state index is 14.6. The Morgan fingerprint density at radius 3 is 2.48 bits per heavy atom. The van der Waals surface area contributed by atoms with Crippen molar-refractivity contribution in [1.29, 1.82) is 0 Å². The summed E-state index contributed by atoms with van der Waals surface area (Å²) in [4.78, 5) is 35.3. The number of amidine groups is 1. The molecular formula is C29H27Cl2F2N5O4. The fourth-order valence-electron chi connectivity index (χ4n) is 4.83. The van der Waals surface area contributed by atoms with Crippen LogP contribution in [0.15, 0.2) is 52.4 Å². The number of rotatable bonds is 7. The molecule has 4 rings (SSSR count). The van der Waals surface area contributed by atoms with E-state index < -0.39 is 23.5 Å². The average molecular weight is 618 g/mol. The minimum absolute atomic E-state index is 0.0501. The number of hydrogen-bond donors (Lipinski definition) is 2. The summed E-state index contributed by atoms with van der Waals surface area (Å²) in [6.45, 7) is 8.90. The number of benzene rings is 2. The Kier molecular flexibility index (Phi) is 9.03. The standard InChI is InChI=1S/C29H27Cl2F2N5O4/c1-13(2)25-23(24-16-8-7-15(30)9-21(16)35-27(24)40)17(26(39)36-22-10-18(31)19(32)11-20(22)33)12-38(25)14(3)28(41-5)37-29(34-4)42-6/h7-13,24H,4H2,1-3,5-6H3,(H,35,40)(H,36,39)/b28-14-,37-29?. The highest BCUT2D eigenvalue weighted by atomic mass is 35.5. The lowest BCUT2D eigenvalue weighted by molar-refractivity contribution is -0.116. The van der Waals surface area contributed by atoms with E-state index in [-0.39, 0.29) is 40.0 Å². The number of methoxy groups -OCH3 is 2. The first-order chi connectivity index (χ1) is 19.9. The lowest BCUT2D eigenvalue weighted by Crippen LogP contribution is -2.20. The van der Waals surface area contributed by atoms with E-state index in [9.17, 15) is 18.4 Å². The van der Waals surface area contributed by atoms with Gasteiger partial charge < -0.3 is 24.7 Å². The molecule has 9 nitrogen and oxygen atoms in total. The molecule has 220 valence electrons. The quantitative estimate of drug-likeness (QED) is 0.128. The first kappa shape index (κ1) is 30.7. The molecule has 42 heavy (non-hydrogen) atoms. The van der Waals surface area contributed by atoms with Crippen molar-refractivity contribution < 1.29 is 27.8 Å². The number of carbonyl (C=O) groups is 2. The van der Waals surface area contributed by atoms with Crippen LogP contribution in [-0.2, 0) is 14.3 Å². The van der Waals surface area contributed by atoms with E-state index in [1.807, 2.05) is 13.8 Å². The summed E-state index contributed by atoms with van der Waals surface area (Å²) < 4.78 is 40.7. The monoisotopic (exact) mass is 617 g/mol. The van der Waals surface area contributed by atoms with Gasteiger partial charge in [0.05, 0.1) is 42.1 Å². The van der Waals surface area contributed by atoms with Crippen molar-refractivity contribution in [2.45, 2.75) is 32.6 Å². The summed E-state index contributed by atoms with van der Waals surface area (Å²) in [6.07, 6.45) is 1.50. The third-order valence-corrected chi connectivity index (χ3v) is 7.17. The molecule has 1 aliphatic rings. The third-order valence-electron chi connectivity index (χ3n) is 6.65. The van der Waals surface area contributed by atoms with E-state index in [0.717, 1.165) is 6.07 Å². The van der Waals surface area contributed by atoms with Crippen LogP contribution >= 0.6 is 23.2 Å². The molecule has 2 amide bonds. The number of hydrogen-bond acceptors (Lipinski definition) is 5. The molecule has 0 saturated heterocycles. The van der Waals surface area contributed by atoms with Crippen LogP contribution in [0.3, 0.4) is 0 Å². The zero-order chi connectivity index (χ0) is 30.9. The normalized spacial score (nSPS) is 15.2. The summed E-state index contributed by atoms with van der Waals surface area (Å²) >= 11 is 12.0. The molecule has 1 aromatic heterocycles. The van der Waals surface area contributed by atoms with Crippen molar-refractivity contribution in [3.63, 3.8) is 0 Å². The van der Waals surface area contributed by atoms with Crippen LogP contribution in [0.5, 0.6) is 0 Å². The molecule has 0 aliphatic carbocycles. The Hall–Kier alpha value is -4.22. The molecule has 2 N–H and O–H groups in total. The van der Waals surface area contributed by atoms with Crippen molar-refractivity contribution in [1.82, 2.24) is 4.57 Å². The smallest absolute Gasteiger partial charge is 0.318 e. The van der Waals surface area contributed by atoms with Gasteiger partial charge in [-0.15, -0.1) is 0 Å². The van der Waals surface area contributed by atoms with Gasteiger partial charge in [0, 0.05) is 34.2 Å². The first-order valence-electron chi connectivity index (χ1n) is 12.6. The molecule has 13 heteroatoms. The molecule has 2 aromatic carbocycles. The minimum atomic E-state index is -1.02. The topological polar surface area (TPSA) is 106 Å². The van der Waals surface area contributed by atoms with E-state index in [2.05, 4.69) is 27.3 Å². The van der Waals surface area contributed by atoms with Crippen LogP contribution in [0.4, 0.5) is 20.2 Å². The Labute approximate surface area is 250 Å². The van der Waals surface area contributed by atoms with Gasteiger partial charge in [-0.25, -0.2) is 13.8 Å². The molecule has 0 fully saturated rings. The van der Waals surface area contributed by atoms with E-state index in [1.165, 1.54) is 20.4 Å². The highest BCUT2D eigenvalue weighted by Gasteiger charge is 2.39. The Morgan fingerprint density at radius 1 is 1.14 bits per heavy atom. The first-order valence-corrected chi connectivity index (χ1v) is 13.3. The summed E-state index contributed by atoms with van der Waals surface area (Å²) in [5.41, 5.74) is 2.17. The van der Waals surface area contributed by atoms with Gasteiger partial charge in [-0.2, -0.15) is 4.99 Å². The van der Waals surface area contributed by atoms with Crippen molar-refractivity contribution >= 4 is 64.8 Å². The number of nitrogens with zero attached hydrogens (tertiary/aromatic N) is 3. The van der Waals surface area contributed by atoms with Crippen molar-refractivity contribution in [3.8, 4) is 0 Å². The number of fused-ring (bicyclic) bond motifs is 1. The molecule has 0 saturated carbocycles. The second-order valence-electron chi connectivity index (χ2n) is 9.57.